The van der Waals surface area contributed by atoms with Crippen LogP contribution in [-0.2, 0) is 11.2 Å². The molecule has 0 radical (unpaired) electrons. The summed E-state index contributed by atoms with van der Waals surface area (Å²) < 4.78 is 5.10. The van der Waals surface area contributed by atoms with Crippen LogP contribution in [0.3, 0.4) is 0 Å². The number of amides is 1. The maximum Gasteiger partial charge on any atom is 0.293 e. The SMILES string of the molecule is CCCc1nc(C(=O)N(CCOC)C(CC)CC)n[nH]1. The van der Waals surface area contributed by atoms with E-state index >= 15 is 0 Å². The minimum atomic E-state index is -0.116. The van der Waals surface area contributed by atoms with Crippen molar-refractivity contribution in [3.63, 3.8) is 0 Å². The lowest BCUT2D eigenvalue weighted by Gasteiger charge is -2.29. The molecule has 20 heavy (non-hydrogen) atoms. The van der Waals surface area contributed by atoms with Gasteiger partial charge in [0, 0.05) is 26.1 Å². The summed E-state index contributed by atoms with van der Waals surface area (Å²) in [6.07, 6.45) is 3.61. The van der Waals surface area contributed by atoms with Crippen LogP contribution < -0.4 is 0 Å². The van der Waals surface area contributed by atoms with E-state index in [-0.39, 0.29) is 17.8 Å². The Morgan fingerprint density at radius 2 is 2.05 bits per heavy atom. The second-order valence-corrected chi connectivity index (χ2v) is 4.82. The van der Waals surface area contributed by atoms with Crippen LogP contribution in [0.5, 0.6) is 0 Å². The maximum absolute atomic E-state index is 12.6. The van der Waals surface area contributed by atoms with Crippen molar-refractivity contribution in [2.24, 2.45) is 0 Å². The summed E-state index contributed by atoms with van der Waals surface area (Å²) in [4.78, 5) is 18.7. The van der Waals surface area contributed by atoms with E-state index in [1.54, 1.807) is 7.11 Å². The molecule has 6 heteroatoms. The summed E-state index contributed by atoms with van der Waals surface area (Å²) in [5.74, 6) is 0.915. The standard InChI is InChI=1S/C14H26N4O2/c1-5-8-12-15-13(17-16-12)14(19)18(9-10-20-4)11(6-2)7-3/h11H,5-10H2,1-4H3,(H,15,16,17). The third kappa shape index (κ3) is 4.30. The first kappa shape index (κ1) is 16.6. The Labute approximate surface area is 120 Å². The number of nitrogens with zero attached hydrogens (tertiary/aromatic N) is 3. The molecule has 6 nitrogen and oxygen atoms in total. The molecule has 0 bridgehead atoms. The molecule has 0 fully saturated rings. The highest BCUT2D eigenvalue weighted by Crippen LogP contribution is 2.12. The smallest absolute Gasteiger partial charge is 0.293 e. The van der Waals surface area contributed by atoms with Gasteiger partial charge in [-0.2, -0.15) is 0 Å². The van der Waals surface area contributed by atoms with Gasteiger partial charge in [-0.3, -0.25) is 9.89 Å². The number of aromatic amines is 1. The van der Waals surface area contributed by atoms with E-state index in [0.717, 1.165) is 31.5 Å². The van der Waals surface area contributed by atoms with Crippen molar-refractivity contribution in [1.82, 2.24) is 20.1 Å². The van der Waals surface area contributed by atoms with Gasteiger partial charge in [0.25, 0.3) is 5.91 Å². The molecule has 0 saturated carbocycles. The molecule has 0 aliphatic carbocycles. The van der Waals surface area contributed by atoms with Gasteiger partial charge in [0.05, 0.1) is 6.61 Å². The van der Waals surface area contributed by atoms with Gasteiger partial charge in [-0.1, -0.05) is 20.8 Å². The van der Waals surface area contributed by atoms with Crippen molar-refractivity contribution in [3.8, 4) is 0 Å². The molecule has 1 amide bonds. The Bertz CT molecular complexity index is 402. The lowest BCUT2D eigenvalue weighted by Crippen LogP contribution is -2.42. The molecule has 0 saturated heterocycles. The zero-order chi connectivity index (χ0) is 15.0. The number of ether oxygens (including phenoxy) is 1. The van der Waals surface area contributed by atoms with E-state index < -0.39 is 0 Å². The fourth-order valence-corrected chi connectivity index (χ4v) is 2.24. The Balaban J connectivity index is 2.84. The average molecular weight is 282 g/mol. The van der Waals surface area contributed by atoms with Gasteiger partial charge in [-0.15, -0.1) is 5.10 Å². The summed E-state index contributed by atoms with van der Waals surface area (Å²) >= 11 is 0. The van der Waals surface area contributed by atoms with E-state index in [1.165, 1.54) is 0 Å². The van der Waals surface area contributed by atoms with Gasteiger partial charge in [-0.25, -0.2) is 4.98 Å². The molecule has 0 aliphatic heterocycles. The van der Waals surface area contributed by atoms with E-state index in [0.29, 0.717) is 13.2 Å². The average Bonchev–Trinajstić information content (AvgIpc) is 2.92. The number of carbonyl (C=O) groups excluding carboxylic acids is 1. The molecular weight excluding hydrogens is 256 g/mol. The molecular formula is C14H26N4O2. The highest BCUT2D eigenvalue weighted by molar-refractivity contribution is 5.90. The fraction of sp³-hybridized carbons (Fsp3) is 0.786. The number of methoxy groups -OCH3 is 1. The van der Waals surface area contributed by atoms with Crippen LogP contribution in [0.4, 0.5) is 0 Å². The molecule has 114 valence electrons. The maximum atomic E-state index is 12.6. The summed E-state index contributed by atoms with van der Waals surface area (Å²) in [7, 11) is 1.64. The predicted molar refractivity (Wildman–Crippen MR) is 77.7 cm³/mol. The topological polar surface area (TPSA) is 71.1 Å². The van der Waals surface area contributed by atoms with Crippen LogP contribution in [0.1, 0.15) is 56.5 Å². The lowest BCUT2D eigenvalue weighted by molar-refractivity contribution is 0.0578. The minimum Gasteiger partial charge on any atom is -0.383 e. The summed E-state index contributed by atoms with van der Waals surface area (Å²) in [5.41, 5.74) is 0. The largest absolute Gasteiger partial charge is 0.383 e. The number of hydrogen-bond acceptors (Lipinski definition) is 4. The molecule has 1 aromatic rings. The van der Waals surface area contributed by atoms with Gasteiger partial charge in [0.15, 0.2) is 0 Å². The predicted octanol–water partition coefficient (Wildman–Crippen LogP) is 2.03. The van der Waals surface area contributed by atoms with Crippen LogP contribution in [-0.4, -0.2) is 52.3 Å². The first-order valence-corrected chi connectivity index (χ1v) is 7.38. The number of H-pyrrole nitrogens is 1. The molecule has 0 unspecified atom stereocenters. The van der Waals surface area contributed by atoms with Crippen LogP contribution in [0.25, 0.3) is 0 Å². The Hall–Kier alpha value is -1.43. The number of hydrogen-bond donors (Lipinski definition) is 1. The zero-order valence-corrected chi connectivity index (χ0v) is 13.0. The third-order valence-electron chi connectivity index (χ3n) is 3.39. The van der Waals surface area contributed by atoms with Crippen molar-refractivity contribution in [1.29, 1.82) is 0 Å². The Kier molecular flexibility index (Phi) is 7.22. The van der Waals surface area contributed by atoms with E-state index in [1.807, 2.05) is 4.90 Å². The summed E-state index contributed by atoms with van der Waals surface area (Å²) in [5, 5.41) is 6.88. The van der Waals surface area contributed by atoms with E-state index in [9.17, 15) is 4.79 Å². The monoisotopic (exact) mass is 282 g/mol. The Morgan fingerprint density at radius 3 is 2.60 bits per heavy atom. The zero-order valence-electron chi connectivity index (χ0n) is 13.0. The minimum absolute atomic E-state index is 0.116. The quantitative estimate of drug-likeness (QED) is 0.752. The highest BCUT2D eigenvalue weighted by atomic mass is 16.5. The third-order valence-corrected chi connectivity index (χ3v) is 3.39. The molecule has 1 aromatic heterocycles. The number of carbonyl (C=O) groups is 1. The second-order valence-electron chi connectivity index (χ2n) is 4.82. The van der Waals surface area contributed by atoms with Crippen LogP contribution in [0.15, 0.2) is 0 Å². The molecule has 0 atom stereocenters. The van der Waals surface area contributed by atoms with Gasteiger partial charge in [0.2, 0.25) is 5.82 Å². The molecule has 1 N–H and O–H groups in total. The number of aryl methyl sites for hydroxylation is 1. The molecule has 0 aliphatic rings. The first-order chi connectivity index (χ1) is 9.67. The van der Waals surface area contributed by atoms with Crippen molar-refractivity contribution in [3.05, 3.63) is 11.6 Å². The highest BCUT2D eigenvalue weighted by Gasteiger charge is 2.25. The normalized spacial score (nSPS) is 11.1. The van der Waals surface area contributed by atoms with Crippen LogP contribution >= 0.6 is 0 Å². The molecule has 0 spiro atoms. The summed E-state index contributed by atoms with van der Waals surface area (Å²) in [6.45, 7) is 7.33. The number of nitrogens with one attached hydrogen (secondary N) is 1. The molecule has 0 aromatic carbocycles. The molecule has 1 rings (SSSR count). The van der Waals surface area contributed by atoms with Crippen LogP contribution in [0.2, 0.25) is 0 Å². The van der Waals surface area contributed by atoms with Crippen molar-refractivity contribution < 1.29 is 9.53 Å². The van der Waals surface area contributed by atoms with Crippen LogP contribution in [0, 0.1) is 0 Å². The van der Waals surface area contributed by atoms with Crippen molar-refractivity contribution in [2.45, 2.75) is 52.5 Å². The first-order valence-electron chi connectivity index (χ1n) is 7.38. The fourth-order valence-electron chi connectivity index (χ4n) is 2.24. The number of aromatic nitrogens is 3. The Morgan fingerprint density at radius 1 is 1.35 bits per heavy atom. The second kappa shape index (κ2) is 8.68. The van der Waals surface area contributed by atoms with E-state index in [4.69, 9.17) is 4.74 Å². The van der Waals surface area contributed by atoms with Crippen molar-refractivity contribution >= 4 is 5.91 Å². The summed E-state index contributed by atoms with van der Waals surface area (Å²) in [6, 6.07) is 0.200. The lowest BCUT2D eigenvalue weighted by atomic mass is 10.1. The van der Waals surface area contributed by atoms with E-state index in [2.05, 4.69) is 36.0 Å². The van der Waals surface area contributed by atoms with Crippen molar-refractivity contribution in [2.75, 3.05) is 20.3 Å². The van der Waals surface area contributed by atoms with Gasteiger partial charge < -0.3 is 9.64 Å². The number of rotatable bonds is 9. The van der Waals surface area contributed by atoms with Gasteiger partial charge >= 0.3 is 0 Å². The van der Waals surface area contributed by atoms with Gasteiger partial charge in [-0.05, 0) is 19.3 Å². The van der Waals surface area contributed by atoms with Gasteiger partial charge in [0.1, 0.15) is 5.82 Å². The molecule has 1 heterocycles.